The minimum absolute atomic E-state index is 0.113. The summed E-state index contributed by atoms with van der Waals surface area (Å²) < 4.78 is 0.860. The molecule has 0 spiro atoms. The first kappa shape index (κ1) is 13.4. The Hall–Kier alpha value is -0.700. The number of thiophene rings is 1. The van der Waals surface area contributed by atoms with Crippen molar-refractivity contribution in [2.45, 2.75) is 13.3 Å². The molecule has 86 valence electrons. The quantitative estimate of drug-likeness (QED) is 0.759. The Balaban J connectivity index is 2.56. The molecule has 0 bridgehead atoms. The highest BCUT2D eigenvalue weighted by Gasteiger charge is 2.14. The van der Waals surface area contributed by atoms with Crippen molar-refractivity contribution in [3.05, 3.63) is 20.8 Å². The third-order valence-corrected chi connectivity index (χ3v) is 4.10. The molecule has 0 unspecified atom stereocenters. The number of ketones is 1. The lowest BCUT2D eigenvalue weighted by Crippen LogP contribution is -2.30. The van der Waals surface area contributed by atoms with Crippen LogP contribution in [0.3, 0.4) is 0 Å². The molecule has 0 amide bonds. The highest BCUT2D eigenvalue weighted by atomic mass is 79.9. The maximum atomic E-state index is 11.9. The van der Waals surface area contributed by atoms with E-state index in [4.69, 9.17) is 5.26 Å². The van der Waals surface area contributed by atoms with E-state index in [1.54, 1.807) is 0 Å². The van der Waals surface area contributed by atoms with E-state index in [0.29, 0.717) is 19.5 Å². The molecule has 0 saturated heterocycles. The Morgan fingerprint density at radius 3 is 2.94 bits per heavy atom. The number of hydrogen-bond donors (Lipinski definition) is 0. The molecule has 0 N–H and O–H groups in total. The van der Waals surface area contributed by atoms with Crippen LogP contribution in [0.15, 0.2) is 15.9 Å². The summed E-state index contributed by atoms with van der Waals surface area (Å²) in [4.78, 5) is 14.7. The van der Waals surface area contributed by atoms with Gasteiger partial charge in [0.05, 0.1) is 17.5 Å². The Morgan fingerprint density at radius 1 is 1.69 bits per heavy atom. The number of nitrogens with zero attached hydrogens (tertiary/aromatic N) is 2. The van der Waals surface area contributed by atoms with Crippen molar-refractivity contribution >= 4 is 33.0 Å². The van der Waals surface area contributed by atoms with E-state index in [0.717, 1.165) is 15.9 Å². The normalized spacial score (nSPS) is 10.4. The second-order valence-electron chi connectivity index (χ2n) is 3.30. The summed E-state index contributed by atoms with van der Waals surface area (Å²) in [6.45, 7) is 3.82. The lowest BCUT2D eigenvalue weighted by atomic mass is 10.3. The van der Waals surface area contributed by atoms with Crippen molar-refractivity contribution in [2.75, 3.05) is 19.6 Å². The van der Waals surface area contributed by atoms with Gasteiger partial charge in [-0.15, -0.1) is 11.3 Å². The van der Waals surface area contributed by atoms with Crippen molar-refractivity contribution < 1.29 is 4.79 Å². The van der Waals surface area contributed by atoms with E-state index in [1.165, 1.54) is 11.3 Å². The predicted molar refractivity (Wildman–Crippen MR) is 68.7 cm³/mol. The molecular formula is C11H13BrN2OS. The Bertz CT molecular complexity index is 397. The smallest absolute Gasteiger partial charge is 0.187 e. The van der Waals surface area contributed by atoms with Gasteiger partial charge in [-0.2, -0.15) is 5.26 Å². The van der Waals surface area contributed by atoms with Gasteiger partial charge in [0.25, 0.3) is 0 Å². The van der Waals surface area contributed by atoms with Gasteiger partial charge in [-0.25, -0.2) is 0 Å². The molecule has 16 heavy (non-hydrogen) atoms. The van der Waals surface area contributed by atoms with Gasteiger partial charge in [0.15, 0.2) is 5.78 Å². The van der Waals surface area contributed by atoms with Crippen molar-refractivity contribution in [1.29, 1.82) is 5.26 Å². The molecule has 0 saturated carbocycles. The number of halogens is 1. The third kappa shape index (κ3) is 3.71. The molecule has 3 nitrogen and oxygen atoms in total. The van der Waals surface area contributed by atoms with E-state index in [2.05, 4.69) is 22.0 Å². The molecule has 0 aliphatic heterocycles. The van der Waals surface area contributed by atoms with Gasteiger partial charge in [0.2, 0.25) is 0 Å². The summed E-state index contributed by atoms with van der Waals surface area (Å²) in [6, 6.07) is 3.97. The molecule has 1 heterocycles. The van der Waals surface area contributed by atoms with Crippen LogP contribution in [0.2, 0.25) is 0 Å². The van der Waals surface area contributed by atoms with Gasteiger partial charge in [-0.05, 0) is 33.9 Å². The van der Waals surface area contributed by atoms with Gasteiger partial charge < -0.3 is 0 Å². The Morgan fingerprint density at radius 2 is 2.44 bits per heavy atom. The first-order chi connectivity index (χ1) is 7.69. The Kier molecular flexibility index (Phi) is 5.67. The topological polar surface area (TPSA) is 44.1 Å². The molecule has 5 heteroatoms. The molecule has 0 radical (unpaired) electrons. The van der Waals surface area contributed by atoms with Crippen molar-refractivity contribution in [3.63, 3.8) is 0 Å². The van der Waals surface area contributed by atoms with Gasteiger partial charge in [0, 0.05) is 17.4 Å². The van der Waals surface area contributed by atoms with Crippen LogP contribution in [0.1, 0.15) is 23.0 Å². The first-order valence-electron chi connectivity index (χ1n) is 5.04. The Labute approximate surface area is 108 Å². The number of carbonyl (C=O) groups excluding carboxylic acids is 1. The standard InChI is InChI=1S/C11H13BrN2OS/c1-2-14(6-3-5-13)8-10(15)11-9(12)4-7-16-11/h4,7H,2-3,6,8H2,1H3. The predicted octanol–water partition coefficient (Wildman–Crippen LogP) is 2.93. The van der Waals surface area contributed by atoms with Crippen LogP contribution in [0, 0.1) is 11.3 Å². The summed E-state index contributed by atoms with van der Waals surface area (Å²) in [7, 11) is 0. The van der Waals surface area contributed by atoms with Crippen molar-refractivity contribution in [3.8, 4) is 6.07 Å². The van der Waals surface area contributed by atoms with Crippen LogP contribution in [0.4, 0.5) is 0 Å². The average molecular weight is 301 g/mol. The molecule has 0 aromatic carbocycles. The average Bonchev–Trinajstić information content (AvgIpc) is 2.70. The van der Waals surface area contributed by atoms with Crippen molar-refractivity contribution in [2.24, 2.45) is 0 Å². The molecule has 0 fully saturated rings. The van der Waals surface area contributed by atoms with E-state index in [9.17, 15) is 4.79 Å². The monoisotopic (exact) mass is 300 g/mol. The first-order valence-corrected chi connectivity index (χ1v) is 6.71. The van der Waals surface area contributed by atoms with Crippen LogP contribution >= 0.6 is 27.3 Å². The molecule has 0 aliphatic carbocycles. The SMILES string of the molecule is CCN(CCC#N)CC(=O)c1sccc1Br. The lowest BCUT2D eigenvalue weighted by molar-refractivity contribution is 0.0938. The summed E-state index contributed by atoms with van der Waals surface area (Å²) >= 11 is 4.80. The molecule has 1 aromatic heterocycles. The van der Waals surface area contributed by atoms with E-state index < -0.39 is 0 Å². The summed E-state index contributed by atoms with van der Waals surface area (Å²) in [5, 5.41) is 10.4. The highest BCUT2D eigenvalue weighted by Crippen LogP contribution is 2.23. The van der Waals surface area contributed by atoms with E-state index >= 15 is 0 Å². The second kappa shape index (κ2) is 6.79. The van der Waals surface area contributed by atoms with Crippen LogP contribution in [-0.2, 0) is 0 Å². The lowest BCUT2D eigenvalue weighted by Gasteiger charge is -2.17. The van der Waals surface area contributed by atoms with Gasteiger partial charge in [-0.3, -0.25) is 9.69 Å². The number of rotatable bonds is 6. The molecule has 1 rings (SSSR count). The van der Waals surface area contributed by atoms with Crippen LogP contribution < -0.4 is 0 Å². The summed E-state index contributed by atoms with van der Waals surface area (Å²) in [6.07, 6.45) is 0.465. The summed E-state index contributed by atoms with van der Waals surface area (Å²) in [5.74, 6) is 0.113. The number of nitriles is 1. The fourth-order valence-corrected chi connectivity index (χ4v) is 2.85. The largest absolute Gasteiger partial charge is 0.295 e. The second-order valence-corrected chi connectivity index (χ2v) is 5.07. The molecule has 0 aliphatic rings. The van der Waals surface area contributed by atoms with Crippen LogP contribution in [0.5, 0.6) is 0 Å². The van der Waals surface area contributed by atoms with Crippen LogP contribution in [-0.4, -0.2) is 30.3 Å². The fourth-order valence-electron chi connectivity index (χ4n) is 1.32. The number of likely N-dealkylation sites (N-methyl/N-ethyl adjacent to an activating group) is 1. The molecular weight excluding hydrogens is 288 g/mol. The zero-order valence-corrected chi connectivity index (χ0v) is 11.5. The van der Waals surface area contributed by atoms with Crippen molar-refractivity contribution in [1.82, 2.24) is 4.90 Å². The number of carbonyl (C=O) groups is 1. The maximum absolute atomic E-state index is 11.9. The number of hydrogen-bond acceptors (Lipinski definition) is 4. The molecule has 1 aromatic rings. The van der Waals surface area contributed by atoms with Gasteiger partial charge in [0.1, 0.15) is 0 Å². The fraction of sp³-hybridized carbons (Fsp3) is 0.455. The number of Topliss-reactive ketones (excluding diaryl/α,β-unsaturated/α-hetero) is 1. The minimum atomic E-state index is 0.113. The minimum Gasteiger partial charge on any atom is -0.295 e. The van der Waals surface area contributed by atoms with Crippen LogP contribution in [0.25, 0.3) is 0 Å². The highest BCUT2D eigenvalue weighted by molar-refractivity contribution is 9.10. The third-order valence-electron chi connectivity index (χ3n) is 2.22. The van der Waals surface area contributed by atoms with E-state index in [-0.39, 0.29) is 5.78 Å². The van der Waals surface area contributed by atoms with Gasteiger partial charge >= 0.3 is 0 Å². The zero-order valence-electron chi connectivity index (χ0n) is 9.07. The summed E-state index contributed by atoms with van der Waals surface area (Å²) in [5.41, 5.74) is 0. The molecule has 0 atom stereocenters. The van der Waals surface area contributed by atoms with E-state index in [1.807, 2.05) is 23.3 Å². The maximum Gasteiger partial charge on any atom is 0.187 e. The van der Waals surface area contributed by atoms with Gasteiger partial charge in [-0.1, -0.05) is 6.92 Å². The zero-order chi connectivity index (χ0) is 12.0.